The molecule has 0 spiro atoms. The van der Waals surface area contributed by atoms with Crippen LogP contribution in [0.4, 0.5) is 0 Å². The molecule has 0 aliphatic rings. The number of nitrogens with zero attached hydrogens (tertiary/aromatic N) is 2. The third kappa shape index (κ3) is 4.00. The van der Waals surface area contributed by atoms with Gasteiger partial charge in [-0.2, -0.15) is 5.10 Å². The van der Waals surface area contributed by atoms with Crippen molar-refractivity contribution in [2.45, 2.75) is 13.2 Å². The average Bonchev–Trinajstić information content (AvgIpc) is 3.33. The number of aromatic nitrogens is 2. The fourth-order valence-corrected chi connectivity index (χ4v) is 2.80. The molecular weight excluding hydrogens is 342 g/mol. The minimum absolute atomic E-state index is 0.253. The van der Waals surface area contributed by atoms with E-state index in [1.54, 1.807) is 16.8 Å². The number of furan rings is 1. The van der Waals surface area contributed by atoms with E-state index in [9.17, 15) is 4.79 Å². The minimum atomic E-state index is -0.280. The summed E-state index contributed by atoms with van der Waals surface area (Å²) in [6.45, 7) is 0.606. The maximum absolute atomic E-state index is 12.2. The zero-order chi connectivity index (χ0) is 18.6. The number of hydrogen-bond donors (Lipinski definition) is 1. The van der Waals surface area contributed by atoms with E-state index in [0.29, 0.717) is 12.3 Å². The summed E-state index contributed by atoms with van der Waals surface area (Å²) in [4.78, 5) is 12.2. The van der Waals surface area contributed by atoms with Crippen molar-refractivity contribution >= 4 is 16.7 Å². The number of carbonyl (C=O) groups is 1. The standard InChI is InChI=1S/C21H19N3O3/c1-24-11-10-17(23-24)13-22-21(25)20-9-8-19(27-20)14-26-18-7-6-15-4-2-3-5-16(15)12-18/h2-12H,13-14H2,1H3,(H,22,25). The summed E-state index contributed by atoms with van der Waals surface area (Å²) < 4.78 is 13.1. The van der Waals surface area contributed by atoms with Crippen LogP contribution in [0.2, 0.25) is 0 Å². The Morgan fingerprint density at radius 2 is 1.96 bits per heavy atom. The first-order chi connectivity index (χ1) is 13.2. The van der Waals surface area contributed by atoms with E-state index in [1.165, 1.54) is 0 Å². The molecule has 1 amide bonds. The van der Waals surface area contributed by atoms with Gasteiger partial charge in [-0.3, -0.25) is 9.48 Å². The molecule has 0 atom stereocenters. The molecule has 6 heteroatoms. The van der Waals surface area contributed by atoms with Gasteiger partial charge >= 0.3 is 0 Å². The van der Waals surface area contributed by atoms with E-state index in [1.807, 2.05) is 55.7 Å². The number of carbonyl (C=O) groups excluding carboxylic acids is 1. The Balaban J connectivity index is 1.34. The molecule has 1 N–H and O–H groups in total. The summed E-state index contributed by atoms with van der Waals surface area (Å²) in [6, 6.07) is 19.3. The highest BCUT2D eigenvalue weighted by atomic mass is 16.5. The number of amides is 1. The second kappa shape index (κ2) is 7.37. The Hall–Kier alpha value is -3.54. The molecule has 0 aliphatic carbocycles. The molecule has 0 bridgehead atoms. The molecule has 0 saturated heterocycles. The second-order valence-corrected chi connectivity index (χ2v) is 6.23. The van der Waals surface area contributed by atoms with E-state index < -0.39 is 0 Å². The lowest BCUT2D eigenvalue weighted by molar-refractivity contribution is 0.0918. The number of hydrogen-bond acceptors (Lipinski definition) is 4. The van der Waals surface area contributed by atoms with Crippen LogP contribution in [0.5, 0.6) is 5.75 Å². The number of rotatable bonds is 6. The lowest BCUT2D eigenvalue weighted by Crippen LogP contribution is -2.22. The predicted octanol–water partition coefficient (Wildman–Crippen LogP) is 3.68. The number of nitrogens with one attached hydrogen (secondary N) is 1. The number of fused-ring (bicyclic) bond motifs is 1. The Morgan fingerprint density at radius 1 is 1.11 bits per heavy atom. The smallest absolute Gasteiger partial charge is 0.287 e. The van der Waals surface area contributed by atoms with Gasteiger partial charge in [-0.05, 0) is 41.1 Å². The van der Waals surface area contributed by atoms with Crippen molar-refractivity contribution in [3.05, 3.63) is 84.1 Å². The third-order valence-corrected chi connectivity index (χ3v) is 4.19. The van der Waals surface area contributed by atoms with Crippen molar-refractivity contribution < 1.29 is 13.9 Å². The largest absolute Gasteiger partial charge is 0.486 e. The number of aryl methyl sites for hydroxylation is 1. The third-order valence-electron chi connectivity index (χ3n) is 4.19. The quantitative estimate of drug-likeness (QED) is 0.569. The SMILES string of the molecule is Cn1ccc(CNC(=O)c2ccc(COc3ccc4ccccc4c3)o2)n1. The summed E-state index contributed by atoms with van der Waals surface area (Å²) >= 11 is 0. The van der Waals surface area contributed by atoms with Gasteiger partial charge in [0.15, 0.2) is 5.76 Å². The summed E-state index contributed by atoms with van der Waals surface area (Å²) in [5.74, 6) is 1.32. The van der Waals surface area contributed by atoms with E-state index in [-0.39, 0.29) is 18.3 Å². The highest BCUT2D eigenvalue weighted by Gasteiger charge is 2.12. The first kappa shape index (κ1) is 16.9. The van der Waals surface area contributed by atoms with E-state index in [0.717, 1.165) is 22.2 Å². The fraction of sp³-hybridized carbons (Fsp3) is 0.143. The van der Waals surface area contributed by atoms with Crippen molar-refractivity contribution in [2.75, 3.05) is 0 Å². The molecule has 4 aromatic rings. The second-order valence-electron chi connectivity index (χ2n) is 6.23. The number of ether oxygens (including phenoxy) is 1. The summed E-state index contributed by atoms with van der Waals surface area (Å²) in [5.41, 5.74) is 0.789. The van der Waals surface area contributed by atoms with Gasteiger partial charge in [-0.15, -0.1) is 0 Å². The van der Waals surface area contributed by atoms with E-state index >= 15 is 0 Å². The molecule has 6 nitrogen and oxygen atoms in total. The highest BCUT2D eigenvalue weighted by molar-refractivity contribution is 5.91. The average molecular weight is 361 g/mol. The van der Waals surface area contributed by atoms with Crippen LogP contribution in [0.3, 0.4) is 0 Å². The lowest BCUT2D eigenvalue weighted by atomic mass is 10.1. The predicted molar refractivity (Wildman–Crippen MR) is 101 cm³/mol. The van der Waals surface area contributed by atoms with Gasteiger partial charge in [0.05, 0.1) is 12.2 Å². The topological polar surface area (TPSA) is 69.3 Å². The van der Waals surface area contributed by atoms with E-state index in [4.69, 9.17) is 9.15 Å². The maximum Gasteiger partial charge on any atom is 0.287 e. The van der Waals surface area contributed by atoms with Crippen LogP contribution < -0.4 is 10.1 Å². The molecule has 0 saturated carbocycles. The first-order valence-corrected chi connectivity index (χ1v) is 8.64. The van der Waals surface area contributed by atoms with Gasteiger partial charge in [-0.1, -0.05) is 30.3 Å². The first-order valence-electron chi connectivity index (χ1n) is 8.64. The molecule has 0 radical (unpaired) electrons. The maximum atomic E-state index is 12.2. The van der Waals surface area contributed by atoms with Gasteiger partial charge in [0.2, 0.25) is 0 Å². The molecule has 4 rings (SSSR count). The van der Waals surface area contributed by atoms with Gasteiger partial charge in [-0.25, -0.2) is 0 Å². The van der Waals surface area contributed by atoms with Crippen molar-refractivity contribution in [1.29, 1.82) is 0 Å². The van der Waals surface area contributed by atoms with Crippen LogP contribution in [0.15, 0.2) is 71.3 Å². The Kier molecular flexibility index (Phi) is 4.61. The Bertz CT molecular complexity index is 1080. The van der Waals surface area contributed by atoms with Crippen LogP contribution in [-0.2, 0) is 20.2 Å². The van der Waals surface area contributed by atoms with Crippen LogP contribution in [-0.4, -0.2) is 15.7 Å². The van der Waals surface area contributed by atoms with Crippen LogP contribution >= 0.6 is 0 Å². The molecule has 2 aromatic heterocycles. The molecule has 0 unspecified atom stereocenters. The van der Waals surface area contributed by atoms with Gasteiger partial charge in [0, 0.05) is 13.2 Å². The molecule has 0 fully saturated rings. The Morgan fingerprint density at radius 3 is 2.78 bits per heavy atom. The highest BCUT2D eigenvalue weighted by Crippen LogP contribution is 2.21. The monoisotopic (exact) mass is 361 g/mol. The Labute approximate surface area is 156 Å². The van der Waals surface area contributed by atoms with Crippen molar-refractivity contribution in [2.24, 2.45) is 7.05 Å². The minimum Gasteiger partial charge on any atom is -0.486 e. The van der Waals surface area contributed by atoms with Crippen molar-refractivity contribution in [3.63, 3.8) is 0 Å². The van der Waals surface area contributed by atoms with Crippen LogP contribution in [0, 0.1) is 0 Å². The van der Waals surface area contributed by atoms with Crippen molar-refractivity contribution in [3.8, 4) is 5.75 Å². The van der Waals surface area contributed by atoms with Crippen molar-refractivity contribution in [1.82, 2.24) is 15.1 Å². The summed E-state index contributed by atoms with van der Waals surface area (Å²) in [7, 11) is 1.83. The molecule has 27 heavy (non-hydrogen) atoms. The zero-order valence-corrected chi connectivity index (χ0v) is 14.9. The normalized spacial score (nSPS) is 10.9. The van der Waals surface area contributed by atoms with Crippen LogP contribution in [0.25, 0.3) is 10.8 Å². The molecular formula is C21H19N3O3. The summed E-state index contributed by atoms with van der Waals surface area (Å²) in [5, 5.41) is 9.28. The lowest BCUT2D eigenvalue weighted by Gasteiger charge is -2.06. The molecule has 136 valence electrons. The fourth-order valence-electron chi connectivity index (χ4n) is 2.80. The molecule has 2 heterocycles. The van der Waals surface area contributed by atoms with E-state index in [2.05, 4.69) is 16.5 Å². The van der Waals surface area contributed by atoms with Gasteiger partial charge in [0.25, 0.3) is 5.91 Å². The summed E-state index contributed by atoms with van der Waals surface area (Å²) in [6.07, 6.45) is 1.83. The van der Waals surface area contributed by atoms with Crippen LogP contribution in [0.1, 0.15) is 22.0 Å². The molecule has 2 aromatic carbocycles. The van der Waals surface area contributed by atoms with Gasteiger partial charge < -0.3 is 14.5 Å². The zero-order valence-electron chi connectivity index (χ0n) is 14.9. The molecule has 0 aliphatic heterocycles. The van der Waals surface area contributed by atoms with Gasteiger partial charge in [0.1, 0.15) is 18.1 Å². The number of benzene rings is 2.